The maximum atomic E-state index is 12.9. The summed E-state index contributed by atoms with van der Waals surface area (Å²) in [7, 11) is -4.10. The molecule has 0 aliphatic carbocycles. The van der Waals surface area contributed by atoms with Crippen molar-refractivity contribution in [2.45, 2.75) is 14.8 Å². The second-order valence-corrected chi connectivity index (χ2v) is 9.72. The zero-order chi connectivity index (χ0) is 21.7. The summed E-state index contributed by atoms with van der Waals surface area (Å²) in [5.41, 5.74) is 0.0158. The van der Waals surface area contributed by atoms with E-state index in [-0.39, 0.29) is 16.1 Å². The van der Waals surface area contributed by atoms with Gasteiger partial charge in [-0.15, -0.1) is 0 Å². The van der Waals surface area contributed by atoms with Gasteiger partial charge < -0.3 is 0 Å². The first kappa shape index (κ1) is 21.7. The number of hydrogen-bond acceptors (Lipinski definition) is 7. The second kappa shape index (κ2) is 9.21. The fourth-order valence-electron chi connectivity index (χ4n) is 2.43. The molecule has 1 heterocycles. The summed E-state index contributed by atoms with van der Waals surface area (Å²) in [5, 5.41) is 21.4. The van der Waals surface area contributed by atoms with Crippen molar-refractivity contribution in [3.63, 3.8) is 0 Å². The van der Waals surface area contributed by atoms with Crippen LogP contribution in [0.25, 0.3) is 6.08 Å². The quantitative estimate of drug-likeness (QED) is 0.257. The number of allylic oxidation sites excluding steroid dienone is 1. The lowest BCUT2D eigenvalue weighted by atomic mass is 10.2. The molecule has 3 rings (SSSR count). The first-order valence-corrected chi connectivity index (χ1v) is 11.4. The molecule has 150 valence electrons. The van der Waals surface area contributed by atoms with Gasteiger partial charge in [-0.05, 0) is 54.1 Å². The van der Waals surface area contributed by atoms with Crippen LogP contribution in [-0.2, 0) is 9.84 Å². The van der Waals surface area contributed by atoms with Crippen LogP contribution in [0.5, 0.6) is 0 Å². The van der Waals surface area contributed by atoms with Gasteiger partial charge in [0.1, 0.15) is 16.0 Å². The number of benzene rings is 2. The van der Waals surface area contributed by atoms with Crippen molar-refractivity contribution in [3.8, 4) is 6.07 Å². The molecule has 3 aromatic rings. The van der Waals surface area contributed by atoms with Crippen LogP contribution in [0.2, 0.25) is 0 Å². The van der Waals surface area contributed by atoms with E-state index >= 15 is 0 Å². The first-order valence-electron chi connectivity index (χ1n) is 8.31. The molecule has 2 aromatic carbocycles. The van der Waals surface area contributed by atoms with E-state index in [1.165, 1.54) is 42.1 Å². The Balaban J connectivity index is 2.12. The summed E-state index contributed by atoms with van der Waals surface area (Å²) in [4.78, 5) is 14.8. The molecule has 0 saturated heterocycles. The highest BCUT2D eigenvalue weighted by atomic mass is 79.9. The van der Waals surface area contributed by atoms with Gasteiger partial charge in [0.15, 0.2) is 0 Å². The van der Waals surface area contributed by atoms with Crippen LogP contribution < -0.4 is 0 Å². The van der Waals surface area contributed by atoms with Crippen LogP contribution >= 0.6 is 27.7 Å². The molecular weight excluding hydrogens is 490 g/mol. The number of hydrogen-bond donors (Lipinski definition) is 0. The number of halogens is 1. The Hall–Kier alpha value is -3.00. The lowest BCUT2D eigenvalue weighted by molar-refractivity contribution is -0.384. The maximum absolute atomic E-state index is 12.9. The van der Waals surface area contributed by atoms with Crippen molar-refractivity contribution in [1.29, 1.82) is 5.26 Å². The number of pyridine rings is 1. The molecule has 0 N–H and O–H groups in total. The lowest BCUT2D eigenvalue weighted by Gasteiger charge is -2.07. The predicted octanol–water partition coefficient (Wildman–Crippen LogP) is 5.24. The highest BCUT2D eigenvalue weighted by Crippen LogP contribution is 2.34. The first-order chi connectivity index (χ1) is 14.3. The highest BCUT2D eigenvalue weighted by Gasteiger charge is 2.22. The van der Waals surface area contributed by atoms with E-state index in [0.29, 0.717) is 14.4 Å². The topological polar surface area (TPSA) is 114 Å². The molecule has 0 amide bonds. The van der Waals surface area contributed by atoms with Gasteiger partial charge >= 0.3 is 0 Å². The largest absolute Gasteiger partial charge is 0.270 e. The minimum absolute atomic E-state index is 0.0529. The molecule has 0 radical (unpaired) electrons. The van der Waals surface area contributed by atoms with E-state index in [1.807, 2.05) is 0 Å². The van der Waals surface area contributed by atoms with Gasteiger partial charge in [-0.3, -0.25) is 10.1 Å². The minimum Gasteiger partial charge on any atom is -0.258 e. The van der Waals surface area contributed by atoms with E-state index in [4.69, 9.17) is 0 Å². The molecule has 0 unspecified atom stereocenters. The van der Waals surface area contributed by atoms with Crippen molar-refractivity contribution in [1.82, 2.24) is 4.98 Å². The van der Waals surface area contributed by atoms with Gasteiger partial charge in [0.25, 0.3) is 5.69 Å². The Morgan fingerprint density at radius 1 is 1.17 bits per heavy atom. The standard InChI is InChI=1S/C20H12BrN3O4S2/c21-15-4-7-17(8-5-15)30(27,28)18(13-22)12-14-11-16(24(25)26)6-9-19(14)29-20-3-1-2-10-23-20/h1-12H/b18-12+. The van der Waals surface area contributed by atoms with Crippen molar-refractivity contribution in [3.05, 3.63) is 91.9 Å². The zero-order valence-corrected chi connectivity index (χ0v) is 18.3. The fraction of sp³-hybridized carbons (Fsp3) is 0. The van der Waals surface area contributed by atoms with E-state index in [1.54, 1.807) is 42.6 Å². The molecule has 1 aromatic heterocycles. The Bertz CT molecular complexity index is 1270. The van der Waals surface area contributed by atoms with Crippen molar-refractivity contribution < 1.29 is 13.3 Å². The number of rotatable bonds is 6. The molecule has 0 fully saturated rings. The SMILES string of the molecule is N#C/C(=C\c1cc([N+](=O)[O-])ccc1Sc1ccccn1)S(=O)(=O)c1ccc(Br)cc1. The minimum atomic E-state index is -4.10. The third kappa shape index (κ3) is 4.94. The fourth-order valence-corrected chi connectivity index (χ4v) is 4.70. The number of aromatic nitrogens is 1. The van der Waals surface area contributed by atoms with Crippen LogP contribution in [0.15, 0.2) is 91.1 Å². The Kier molecular flexibility index (Phi) is 6.66. The van der Waals surface area contributed by atoms with Crippen LogP contribution in [-0.4, -0.2) is 18.3 Å². The number of sulfone groups is 1. The van der Waals surface area contributed by atoms with E-state index in [2.05, 4.69) is 20.9 Å². The summed E-state index contributed by atoms with van der Waals surface area (Å²) in [6.45, 7) is 0. The lowest BCUT2D eigenvalue weighted by Crippen LogP contribution is -2.03. The Morgan fingerprint density at radius 2 is 1.90 bits per heavy atom. The average molecular weight is 502 g/mol. The molecule has 0 aliphatic rings. The van der Waals surface area contributed by atoms with E-state index in [0.717, 1.165) is 6.08 Å². The van der Waals surface area contributed by atoms with Crippen molar-refractivity contribution in [2.75, 3.05) is 0 Å². The number of nitrogens with zero attached hydrogens (tertiary/aromatic N) is 3. The Labute approximate surface area is 185 Å². The smallest absolute Gasteiger partial charge is 0.258 e. The highest BCUT2D eigenvalue weighted by molar-refractivity contribution is 9.10. The molecule has 0 bridgehead atoms. The van der Waals surface area contributed by atoms with Gasteiger partial charge in [0.2, 0.25) is 9.84 Å². The number of nitro benzene ring substituents is 1. The third-order valence-electron chi connectivity index (χ3n) is 3.87. The molecular formula is C20H12BrN3O4S2. The Morgan fingerprint density at radius 3 is 2.50 bits per heavy atom. The average Bonchev–Trinajstić information content (AvgIpc) is 2.73. The van der Waals surface area contributed by atoms with Gasteiger partial charge in [-0.1, -0.05) is 33.8 Å². The van der Waals surface area contributed by atoms with E-state index < -0.39 is 19.7 Å². The van der Waals surface area contributed by atoms with Crippen LogP contribution in [0, 0.1) is 21.4 Å². The van der Waals surface area contributed by atoms with Crippen LogP contribution in [0.4, 0.5) is 5.69 Å². The van der Waals surface area contributed by atoms with Gasteiger partial charge in [-0.25, -0.2) is 13.4 Å². The molecule has 10 heteroatoms. The van der Waals surface area contributed by atoms with E-state index in [9.17, 15) is 23.8 Å². The maximum Gasteiger partial charge on any atom is 0.270 e. The monoisotopic (exact) mass is 501 g/mol. The zero-order valence-electron chi connectivity index (χ0n) is 15.1. The predicted molar refractivity (Wildman–Crippen MR) is 116 cm³/mol. The number of nitro groups is 1. The van der Waals surface area contributed by atoms with Crippen molar-refractivity contribution >= 4 is 49.3 Å². The van der Waals surface area contributed by atoms with Crippen LogP contribution in [0.1, 0.15) is 5.56 Å². The summed E-state index contributed by atoms with van der Waals surface area (Å²) >= 11 is 4.44. The number of nitriles is 1. The summed E-state index contributed by atoms with van der Waals surface area (Å²) < 4.78 is 26.5. The molecule has 0 aliphatic heterocycles. The van der Waals surface area contributed by atoms with Gasteiger partial charge in [-0.2, -0.15) is 5.26 Å². The van der Waals surface area contributed by atoms with Crippen molar-refractivity contribution in [2.24, 2.45) is 0 Å². The second-order valence-electron chi connectivity index (χ2n) is 5.83. The third-order valence-corrected chi connectivity index (χ3v) is 7.12. The number of non-ortho nitro benzene ring substituents is 1. The molecule has 30 heavy (non-hydrogen) atoms. The van der Waals surface area contributed by atoms with Gasteiger partial charge in [0, 0.05) is 27.7 Å². The molecule has 0 saturated carbocycles. The molecule has 0 spiro atoms. The van der Waals surface area contributed by atoms with Gasteiger partial charge in [0.05, 0.1) is 9.82 Å². The van der Waals surface area contributed by atoms with Crippen LogP contribution in [0.3, 0.4) is 0 Å². The normalized spacial score (nSPS) is 11.7. The summed E-state index contributed by atoms with van der Waals surface area (Å²) in [5.74, 6) is 0. The summed E-state index contributed by atoms with van der Waals surface area (Å²) in [6.07, 6.45) is 2.75. The summed E-state index contributed by atoms with van der Waals surface area (Å²) in [6, 6.07) is 16.9. The molecule has 0 atom stereocenters. The molecule has 7 nitrogen and oxygen atoms in total.